The van der Waals surface area contributed by atoms with Crippen molar-refractivity contribution < 1.29 is 14.3 Å². The van der Waals surface area contributed by atoms with Gasteiger partial charge in [0.25, 0.3) is 0 Å². The molecule has 1 amide bonds. The molecule has 2 atom stereocenters. The van der Waals surface area contributed by atoms with E-state index in [0.717, 1.165) is 6.42 Å². The maximum absolute atomic E-state index is 11.9. The van der Waals surface area contributed by atoms with Crippen molar-refractivity contribution in [3.05, 3.63) is 35.9 Å². The molecule has 0 aromatic heterocycles. The number of esters is 1. The van der Waals surface area contributed by atoms with Crippen LogP contribution in [0.25, 0.3) is 0 Å². The molecule has 4 heteroatoms. The first kappa shape index (κ1) is 12.6. The molecule has 0 radical (unpaired) electrons. The lowest BCUT2D eigenvalue weighted by Crippen LogP contribution is -2.28. The fraction of sp³-hybridized carbons (Fsp3) is 0.429. The molecule has 0 bridgehead atoms. The number of carbonyl (C=O) groups is 2. The number of nitrogens with one attached hydrogen (secondary N) is 1. The highest BCUT2D eigenvalue weighted by molar-refractivity contribution is 5.89. The van der Waals surface area contributed by atoms with Crippen molar-refractivity contribution in [2.45, 2.75) is 25.9 Å². The van der Waals surface area contributed by atoms with E-state index in [0.29, 0.717) is 18.5 Å². The Bertz CT molecular complexity index is 430. The highest BCUT2D eigenvalue weighted by Crippen LogP contribution is 2.20. The van der Waals surface area contributed by atoms with Crippen molar-refractivity contribution in [3.63, 3.8) is 0 Å². The van der Waals surface area contributed by atoms with Crippen LogP contribution in [0.3, 0.4) is 0 Å². The first-order valence-corrected chi connectivity index (χ1v) is 6.23. The number of carbonyl (C=O) groups excluding carboxylic acids is 2. The van der Waals surface area contributed by atoms with Gasteiger partial charge in [-0.05, 0) is 18.6 Å². The normalized spacial score (nSPS) is 20.3. The van der Waals surface area contributed by atoms with Crippen LogP contribution < -0.4 is 5.32 Å². The number of hydrogen-bond donors (Lipinski definition) is 1. The molecule has 0 spiro atoms. The summed E-state index contributed by atoms with van der Waals surface area (Å²) in [5, 5.41) is 2.77. The zero-order valence-corrected chi connectivity index (χ0v) is 10.4. The highest BCUT2D eigenvalue weighted by atomic mass is 16.5. The van der Waals surface area contributed by atoms with Crippen LogP contribution in [-0.2, 0) is 9.53 Å². The molecule has 1 heterocycles. The van der Waals surface area contributed by atoms with Crippen molar-refractivity contribution >= 4 is 11.9 Å². The summed E-state index contributed by atoms with van der Waals surface area (Å²) in [5.41, 5.74) is 0.549. The smallest absolute Gasteiger partial charge is 0.338 e. The lowest BCUT2D eigenvalue weighted by Gasteiger charge is -2.21. The Morgan fingerprint density at radius 1 is 1.44 bits per heavy atom. The van der Waals surface area contributed by atoms with Crippen LogP contribution in [0, 0.1) is 5.92 Å². The molecule has 18 heavy (non-hydrogen) atoms. The average molecular weight is 247 g/mol. The average Bonchev–Trinajstić information content (AvgIpc) is 2.83. The maximum Gasteiger partial charge on any atom is 0.338 e. The van der Waals surface area contributed by atoms with Crippen LogP contribution in [0.5, 0.6) is 0 Å². The summed E-state index contributed by atoms with van der Waals surface area (Å²) < 4.78 is 5.49. The van der Waals surface area contributed by atoms with Crippen LogP contribution >= 0.6 is 0 Å². The van der Waals surface area contributed by atoms with Gasteiger partial charge in [0.1, 0.15) is 6.10 Å². The monoisotopic (exact) mass is 247 g/mol. The van der Waals surface area contributed by atoms with Crippen LogP contribution in [-0.4, -0.2) is 24.5 Å². The van der Waals surface area contributed by atoms with E-state index in [1.807, 2.05) is 13.0 Å². The second-order valence-corrected chi connectivity index (χ2v) is 4.49. The Hall–Kier alpha value is -1.84. The number of rotatable bonds is 4. The second-order valence-electron chi connectivity index (χ2n) is 4.49. The van der Waals surface area contributed by atoms with E-state index >= 15 is 0 Å². The minimum atomic E-state index is -0.318. The van der Waals surface area contributed by atoms with E-state index in [1.54, 1.807) is 24.3 Å². The largest absolute Gasteiger partial charge is 0.458 e. The number of hydrogen-bond acceptors (Lipinski definition) is 3. The van der Waals surface area contributed by atoms with Crippen molar-refractivity contribution in [1.29, 1.82) is 0 Å². The summed E-state index contributed by atoms with van der Waals surface area (Å²) in [6, 6.07) is 8.92. The fourth-order valence-corrected chi connectivity index (χ4v) is 2.18. The third-order valence-electron chi connectivity index (χ3n) is 3.21. The van der Waals surface area contributed by atoms with Crippen molar-refractivity contribution in [3.8, 4) is 0 Å². The van der Waals surface area contributed by atoms with Gasteiger partial charge >= 0.3 is 5.97 Å². The number of amides is 1. The summed E-state index contributed by atoms with van der Waals surface area (Å²) in [6.45, 7) is 2.56. The van der Waals surface area contributed by atoms with Gasteiger partial charge in [-0.25, -0.2) is 4.79 Å². The van der Waals surface area contributed by atoms with Crippen LogP contribution in [0.2, 0.25) is 0 Å². The fourth-order valence-electron chi connectivity index (χ4n) is 2.18. The SMILES string of the molecule is CC[C@@H](OC(=O)c1ccccc1)[C@@H]1CNC(=O)C1. The number of ether oxygens (including phenoxy) is 1. The van der Waals surface area contributed by atoms with Gasteiger partial charge in [0.05, 0.1) is 5.56 Å². The summed E-state index contributed by atoms with van der Waals surface area (Å²) in [5.74, 6) is -0.189. The van der Waals surface area contributed by atoms with Crippen LogP contribution in [0.4, 0.5) is 0 Å². The zero-order valence-electron chi connectivity index (χ0n) is 10.4. The summed E-state index contributed by atoms with van der Waals surface area (Å²) in [7, 11) is 0. The molecule has 0 saturated carbocycles. The van der Waals surface area contributed by atoms with Gasteiger partial charge in [0, 0.05) is 18.9 Å². The van der Waals surface area contributed by atoms with E-state index < -0.39 is 0 Å². The molecule has 4 nitrogen and oxygen atoms in total. The van der Waals surface area contributed by atoms with E-state index in [2.05, 4.69) is 5.32 Å². The first-order valence-electron chi connectivity index (χ1n) is 6.23. The third-order valence-corrected chi connectivity index (χ3v) is 3.21. The maximum atomic E-state index is 11.9. The standard InChI is InChI=1S/C14H17NO3/c1-2-12(11-8-13(16)15-9-11)18-14(17)10-6-4-3-5-7-10/h3-7,11-12H,2,8-9H2,1H3,(H,15,16)/t11-,12+/m0/s1. The zero-order chi connectivity index (χ0) is 13.0. The summed E-state index contributed by atoms with van der Waals surface area (Å²) in [4.78, 5) is 23.1. The van der Waals surface area contributed by atoms with Gasteiger partial charge in [-0.3, -0.25) is 4.79 Å². The topological polar surface area (TPSA) is 55.4 Å². The predicted octanol–water partition coefficient (Wildman–Crippen LogP) is 1.76. The molecule has 1 aromatic carbocycles. The minimum absolute atomic E-state index is 0.0363. The summed E-state index contributed by atoms with van der Waals surface area (Å²) >= 11 is 0. The molecule has 0 unspecified atom stereocenters. The van der Waals surface area contributed by atoms with E-state index in [4.69, 9.17) is 4.74 Å². The Kier molecular flexibility index (Phi) is 3.97. The second kappa shape index (κ2) is 5.67. The molecule has 1 aliphatic heterocycles. The van der Waals surface area contributed by atoms with E-state index in [-0.39, 0.29) is 23.9 Å². The van der Waals surface area contributed by atoms with Gasteiger partial charge in [0.15, 0.2) is 0 Å². The lowest BCUT2D eigenvalue weighted by atomic mass is 9.99. The van der Waals surface area contributed by atoms with Crippen LogP contribution in [0.1, 0.15) is 30.1 Å². The predicted molar refractivity (Wildman–Crippen MR) is 67.1 cm³/mol. The first-order chi connectivity index (χ1) is 8.70. The number of benzene rings is 1. The van der Waals surface area contributed by atoms with Crippen molar-refractivity contribution in [2.24, 2.45) is 5.92 Å². The van der Waals surface area contributed by atoms with Gasteiger partial charge in [-0.15, -0.1) is 0 Å². The van der Waals surface area contributed by atoms with Crippen molar-refractivity contribution in [1.82, 2.24) is 5.32 Å². The molecule has 1 aromatic rings. The Labute approximate surface area is 106 Å². The molecule has 1 saturated heterocycles. The third kappa shape index (κ3) is 2.88. The van der Waals surface area contributed by atoms with E-state index in [9.17, 15) is 9.59 Å². The van der Waals surface area contributed by atoms with Gasteiger partial charge in [0.2, 0.25) is 5.91 Å². The van der Waals surface area contributed by atoms with Crippen molar-refractivity contribution in [2.75, 3.05) is 6.54 Å². The van der Waals surface area contributed by atoms with Gasteiger partial charge in [-0.2, -0.15) is 0 Å². The molecule has 1 fully saturated rings. The molecule has 1 aliphatic rings. The molecule has 1 N–H and O–H groups in total. The quantitative estimate of drug-likeness (QED) is 0.825. The molecule has 0 aliphatic carbocycles. The Balaban J connectivity index is 1.98. The molecular weight excluding hydrogens is 230 g/mol. The van der Waals surface area contributed by atoms with E-state index in [1.165, 1.54) is 0 Å². The lowest BCUT2D eigenvalue weighted by molar-refractivity contribution is -0.119. The van der Waals surface area contributed by atoms with Crippen LogP contribution in [0.15, 0.2) is 30.3 Å². The molecular formula is C14H17NO3. The molecule has 96 valence electrons. The Morgan fingerprint density at radius 3 is 2.72 bits per heavy atom. The van der Waals surface area contributed by atoms with Gasteiger partial charge in [-0.1, -0.05) is 25.1 Å². The highest BCUT2D eigenvalue weighted by Gasteiger charge is 2.30. The van der Waals surface area contributed by atoms with Gasteiger partial charge < -0.3 is 10.1 Å². The minimum Gasteiger partial charge on any atom is -0.458 e. The molecule has 2 rings (SSSR count). The summed E-state index contributed by atoms with van der Waals surface area (Å²) in [6.07, 6.45) is 0.968. The Morgan fingerprint density at radius 2 is 2.17 bits per heavy atom.